The summed E-state index contributed by atoms with van der Waals surface area (Å²) >= 11 is 11.8. The zero-order valence-corrected chi connectivity index (χ0v) is 18.3. The van der Waals surface area contributed by atoms with Crippen molar-refractivity contribution in [1.29, 1.82) is 0 Å². The Hall–Kier alpha value is -3.94. The maximum absolute atomic E-state index is 11.2. The molecule has 33 heavy (non-hydrogen) atoms. The Morgan fingerprint density at radius 2 is 1.21 bits per heavy atom. The fraction of sp³-hybridized carbons (Fsp3) is 0. The number of hydrogen-bond donors (Lipinski definition) is 2. The Morgan fingerprint density at radius 3 is 1.67 bits per heavy atom. The molecule has 0 aliphatic rings. The first-order chi connectivity index (χ1) is 15.8. The Bertz CT molecular complexity index is 1420. The fourth-order valence-corrected chi connectivity index (χ4v) is 3.31. The molecule has 7 nitrogen and oxygen atoms in total. The van der Waals surface area contributed by atoms with E-state index in [2.05, 4.69) is 9.97 Å². The van der Waals surface area contributed by atoms with Crippen LogP contribution in [-0.2, 0) is 0 Å². The van der Waals surface area contributed by atoms with Gasteiger partial charge in [0.1, 0.15) is 11.5 Å². The highest BCUT2D eigenvalue weighted by Crippen LogP contribution is 2.25. The Morgan fingerprint density at radius 1 is 0.758 bits per heavy atom. The van der Waals surface area contributed by atoms with E-state index in [9.17, 15) is 20.3 Å². The van der Waals surface area contributed by atoms with Gasteiger partial charge in [0.15, 0.2) is 0 Å². The number of halogens is 2. The first kappa shape index (κ1) is 22.3. The third-order valence-corrected chi connectivity index (χ3v) is 5.24. The van der Waals surface area contributed by atoms with Gasteiger partial charge < -0.3 is 10.2 Å². The molecule has 4 aromatic rings. The smallest absolute Gasteiger partial charge is 0.271 e. The van der Waals surface area contributed by atoms with Crippen molar-refractivity contribution in [3.63, 3.8) is 0 Å². The minimum atomic E-state index is -0.526. The number of non-ortho nitro benzene ring substituents is 1. The molecule has 0 atom stereocenters. The number of rotatable bonds is 5. The number of nitro groups is 1. The molecule has 0 amide bonds. The molecule has 3 aromatic carbocycles. The molecule has 164 valence electrons. The molecule has 0 aliphatic carbocycles. The van der Waals surface area contributed by atoms with Crippen LogP contribution in [-0.4, -0.2) is 25.1 Å². The molecule has 0 saturated heterocycles. The number of fused-ring (bicyclic) bond motifs is 1. The second-order valence-electron chi connectivity index (χ2n) is 7.00. The molecule has 4 rings (SSSR count). The van der Waals surface area contributed by atoms with Crippen molar-refractivity contribution in [2.75, 3.05) is 0 Å². The van der Waals surface area contributed by atoms with E-state index in [1.165, 1.54) is 30.4 Å². The zero-order valence-electron chi connectivity index (χ0n) is 16.8. The van der Waals surface area contributed by atoms with Crippen LogP contribution in [0.15, 0.2) is 66.7 Å². The van der Waals surface area contributed by atoms with E-state index in [-0.39, 0.29) is 34.1 Å². The van der Waals surface area contributed by atoms with Crippen molar-refractivity contribution in [1.82, 2.24) is 9.97 Å². The lowest BCUT2D eigenvalue weighted by Gasteiger charge is -2.07. The molecular weight excluding hydrogens is 465 g/mol. The van der Waals surface area contributed by atoms with Gasteiger partial charge in [0.25, 0.3) is 5.69 Å². The molecule has 1 aromatic heterocycles. The third kappa shape index (κ3) is 5.11. The van der Waals surface area contributed by atoms with Crippen LogP contribution in [0.2, 0.25) is 10.0 Å². The summed E-state index contributed by atoms with van der Waals surface area (Å²) in [7, 11) is 0. The van der Waals surface area contributed by atoms with Crippen LogP contribution in [0.4, 0.5) is 5.69 Å². The summed E-state index contributed by atoms with van der Waals surface area (Å²) in [4.78, 5) is 19.6. The summed E-state index contributed by atoms with van der Waals surface area (Å²) in [6.07, 6.45) is 2.77. The predicted octanol–water partition coefficient (Wildman–Crippen LogP) is 6.96. The number of aliphatic hydroxyl groups excluding tert-OH is 2. The van der Waals surface area contributed by atoms with Gasteiger partial charge in [-0.05, 0) is 54.6 Å². The average Bonchev–Trinajstić information content (AvgIpc) is 2.79. The largest absolute Gasteiger partial charge is 0.507 e. The van der Waals surface area contributed by atoms with Crippen LogP contribution >= 0.6 is 23.2 Å². The third-order valence-electron chi connectivity index (χ3n) is 4.74. The molecule has 0 radical (unpaired) electrons. The Labute approximate surface area is 198 Å². The second kappa shape index (κ2) is 9.28. The van der Waals surface area contributed by atoms with E-state index in [0.29, 0.717) is 26.7 Å². The lowest BCUT2D eigenvalue weighted by atomic mass is 10.1. The van der Waals surface area contributed by atoms with Gasteiger partial charge in [0.2, 0.25) is 0 Å². The van der Waals surface area contributed by atoms with Gasteiger partial charge in [-0.15, -0.1) is 0 Å². The van der Waals surface area contributed by atoms with E-state index >= 15 is 0 Å². The average molecular weight is 480 g/mol. The van der Waals surface area contributed by atoms with Gasteiger partial charge >= 0.3 is 0 Å². The standard InChI is InChI=1S/C24H15Cl2N3O4/c25-16-5-1-14(2-6-16)23(30)12-21-22(13-24(31)15-3-7-17(26)8-4-15)28-20-11-18(29(32)33)9-10-19(20)27-21/h1-13,30-31H. The minimum Gasteiger partial charge on any atom is -0.507 e. The Kier molecular flexibility index (Phi) is 6.26. The SMILES string of the molecule is O=[N+]([O-])c1ccc2nc(C=C(O)c3ccc(Cl)cc3)c(C=C(O)c3ccc(Cl)cc3)nc2c1. The quantitative estimate of drug-likeness (QED) is 0.182. The molecule has 0 unspecified atom stereocenters. The van der Waals surface area contributed by atoms with E-state index in [4.69, 9.17) is 23.2 Å². The van der Waals surface area contributed by atoms with E-state index in [0.717, 1.165) is 0 Å². The summed E-state index contributed by atoms with van der Waals surface area (Å²) in [5.41, 5.74) is 1.96. The van der Waals surface area contributed by atoms with Crippen LogP contribution < -0.4 is 0 Å². The van der Waals surface area contributed by atoms with Crippen molar-refractivity contribution in [2.45, 2.75) is 0 Å². The van der Waals surface area contributed by atoms with E-state index in [1.54, 1.807) is 48.5 Å². The summed E-state index contributed by atoms with van der Waals surface area (Å²) in [5.74, 6) is -0.214. The van der Waals surface area contributed by atoms with Crippen LogP contribution in [0.3, 0.4) is 0 Å². The normalized spacial score (nSPS) is 12.2. The van der Waals surface area contributed by atoms with Gasteiger partial charge in [-0.25, -0.2) is 9.97 Å². The van der Waals surface area contributed by atoms with Gasteiger partial charge in [-0.3, -0.25) is 10.1 Å². The van der Waals surface area contributed by atoms with Crippen LogP contribution in [0.5, 0.6) is 0 Å². The summed E-state index contributed by atoms with van der Waals surface area (Å²) in [5, 5.41) is 33.4. The van der Waals surface area contributed by atoms with Crippen molar-refractivity contribution in [3.8, 4) is 0 Å². The highest BCUT2D eigenvalue weighted by atomic mass is 35.5. The predicted molar refractivity (Wildman–Crippen MR) is 130 cm³/mol. The van der Waals surface area contributed by atoms with E-state index < -0.39 is 4.92 Å². The van der Waals surface area contributed by atoms with Gasteiger partial charge in [-0.1, -0.05) is 23.2 Å². The lowest BCUT2D eigenvalue weighted by molar-refractivity contribution is -0.384. The molecule has 0 saturated carbocycles. The maximum Gasteiger partial charge on any atom is 0.271 e. The van der Waals surface area contributed by atoms with E-state index in [1.807, 2.05) is 0 Å². The van der Waals surface area contributed by atoms with Crippen molar-refractivity contribution in [3.05, 3.63) is 109 Å². The number of aliphatic hydroxyl groups is 2. The van der Waals surface area contributed by atoms with Gasteiger partial charge in [-0.2, -0.15) is 0 Å². The Balaban J connectivity index is 1.87. The van der Waals surface area contributed by atoms with Gasteiger partial charge in [0.05, 0.1) is 27.3 Å². The lowest BCUT2D eigenvalue weighted by Crippen LogP contribution is -1.97. The monoisotopic (exact) mass is 479 g/mol. The number of aromatic nitrogens is 2. The van der Waals surface area contributed by atoms with Crippen molar-refractivity contribution >= 4 is 63.6 Å². The first-order valence-electron chi connectivity index (χ1n) is 9.59. The van der Waals surface area contributed by atoms with Crippen LogP contribution in [0.1, 0.15) is 22.5 Å². The number of hydrogen-bond acceptors (Lipinski definition) is 6. The number of nitrogens with zero attached hydrogens (tertiary/aromatic N) is 3. The molecule has 0 bridgehead atoms. The molecule has 9 heteroatoms. The number of nitro benzene ring substituents is 1. The molecule has 0 fully saturated rings. The fourth-order valence-electron chi connectivity index (χ4n) is 3.06. The van der Waals surface area contributed by atoms with Crippen LogP contribution in [0, 0.1) is 10.1 Å². The molecule has 0 aliphatic heterocycles. The van der Waals surface area contributed by atoms with Crippen molar-refractivity contribution in [2.24, 2.45) is 0 Å². The summed E-state index contributed by atoms with van der Waals surface area (Å²) in [6, 6.07) is 17.2. The number of benzene rings is 3. The highest BCUT2D eigenvalue weighted by molar-refractivity contribution is 6.30. The maximum atomic E-state index is 11.2. The zero-order chi connectivity index (χ0) is 23.5. The molecule has 0 spiro atoms. The summed E-state index contributed by atoms with van der Waals surface area (Å²) in [6.45, 7) is 0. The van der Waals surface area contributed by atoms with Crippen molar-refractivity contribution < 1.29 is 15.1 Å². The van der Waals surface area contributed by atoms with Crippen LogP contribution in [0.25, 0.3) is 34.7 Å². The summed E-state index contributed by atoms with van der Waals surface area (Å²) < 4.78 is 0. The molecule has 1 heterocycles. The second-order valence-corrected chi connectivity index (χ2v) is 7.87. The molecule has 2 N–H and O–H groups in total. The highest BCUT2D eigenvalue weighted by Gasteiger charge is 2.13. The molecular formula is C24H15Cl2N3O4. The van der Waals surface area contributed by atoms with Gasteiger partial charge in [0, 0.05) is 45.5 Å². The first-order valence-corrected chi connectivity index (χ1v) is 10.3. The topological polar surface area (TPSA) is 109 Å². The minimum absolute atomic E-state index is 0.0946.